The molecule has 2 aromatic rings. The van der Waals surface area contributed by atoms with Gasteiger partial charge < -0.3 is 5.32 Å². The molecule has 1 amide bonds. The van der Waals surface area contributed by atoms with Crippen LogP contribution in [0.1, 0.15) is 25.7 Å². The van der Waals surface area contributed by atoms with E-state index in [1.54, 1.807) is 23.0 Å². The fourth-order valence-corrected chi connectivity index (χ4v) is 3.22. The molecule has 0 radical (unpaired) electrons. The molecule has 3 rings (SSSR count). The van der Waals surface area contributed by atoms with E-state index < -0.39 is 12.6 Å². The maximum atomic E-state index is 12.5. The topological polar surface area (TPSA) is 50.2 Å². The molecule has 1 atom stereocenters. The number of benzene rings is 1. The molecule has 1 aromatic heterocycles. The molecular weight excluding hydrogens is 345 g/mol. The van der Waals surface area contributed by atoms with Gasteiger partial charge in [0.1, 0.15) is 0 Å². The Bertz CT molecular complexity index is 713. The van der Waals surface area contributed by atoms with Crippen LogP contribution in [0.15, 0.2) is 42.7 Å². The summed E-state index contributed by atoms with van der Waals surface area (Å²) < 4.78 is 38.6. The first kappa shape index (κ1) is 18.4. The Morgan fingerprint density at radius 1 is 1.27 bits per heavy atom. The average molecular weight is 366 g/mol. The number of hydrogen-bond acceptors (Lipinski definition) is 3. The van der Waals surface area contributed by atoms with Gasteiger partial charge in [-0.05, 0) is 62.7 Å². The standard InChI is InChI=1S/C18H21F3N4O/c19-18(20,21)9-2-12-24-11-1-4-16(24)17(26)23-14-5-7-15(8-6-14)25-13-3-10-22-25/h3,5-8,10,13,16H,1-2,4,9,11-12H2,(H,23,26). The van der Waals surface area contributed by atoms with E-state index in [1.165, 1.54) is 0 Å². The van der Waals surface area contributed by atoms with Crippen LogP contribution in [-0.4, -0.2) is 45.9 Å². The van der Waals surface area contributed by atoms with Crippen molar-refractivity contribution in [3.05, 3.63) is 42.7 Å². The van der Waals surface area contributed by atoms with Crippen molar-refractivity contribution >= 4 is 11.6 Å². The van der Waals surface area contributed by atoms with Crippen LogP contribution >= 0.6 is 0 Å². The number of alkyl halides is 3. The monoisotopic (exact) mass is 366 g/mol. The molecule has 8 heteroatoms. The molecule has 1 aromatic carbocycles. The molecule has 140 valence electrons. The first-order chi connectivity index (χ1) is 12.4. The van der Waals surface area contributed by atoms with Crippen LogP contribution < -0.4 is 5.32 Å². The van der Waals surface area contributed by atoms with Crippen molar-refractivity contribution in [2.45, 2.75) is 37.9 Å². The second-order valence-electron chi connectivity index (χ2n) is 6.40. The molecule has 0 spiro atoms. The van der Waals surface area contributed by atoms with E-state index in [1.807, 2.05) is 29.3 Å². The summed E-state index contributed by atoms with van der Waals surface area (Å²) in [5.41, 5.74) is 1.54. The minimum atomic E-state index is -4.15. The highest BCUT2D eigenvalue weighted by Crippen LogP contribution is 2.24. The van der Waals surface area contributed by atoms with Gasteiger partial charge in [-0.25, -0.2) is 4.68 Å². The summed E-state index contributed by atoms with van der Waals surface area (Å²) in [7, 11) is 0. The fraction of sp³-hybridized carbons (Fsp3) is 0.444. The zero-order chi connectivity index (χ0) is 18.6. The molecule has 1 unspecified atom stereocenters. The Balaban J connectivity index is 1.55. The molecule has 1 aliphatic heterocycles. The predicted molar refractivity (Wildman–Crippen MR) is 92.1 cm³/mol. The van der Waals surface area contributed by atoms with E-state index in [0.717, 1.165) is 12.1 Å². The molecule has 1 saturated heterocycles. The second kappa shape index (κ2) is 7.90. The zero-order valence-corrected chi connectivity index (χ0v) is 14.2. The summed E-state index contributed by atoms with van der Waals surface area (Å²) in [4.78, 5) is 14.4. The van der Waals surface area contributed by atoms with Crippen molar-refractivity contribution in [1.29, 1.82) is 0 Å². The van der Waals surface area contributed by atoms with Crippen molar-refractivity contribution in [2.24, 2.45) is 0 Å². The van der Waals surface area contributed by atoms with E-state index in [2.05, 4.69) is 10.4 Å². The van der Waals surface area contributed by atoms with Crippen molar-refractivity contribution in [3.8, 4) is 5.69 Å². The van der Waals surface area contributed by atoms with Crippen LogP contribution in [-0.2, 0) is 4.79 Å². The van der Waals surface area contributed by atoms with Crippen molar-refractivity contribution in [3.63, 3.8) is 0 Å². The Hall–Kier alpha value is -2.35. The number of carbonyl (C=O) groups excluding carboxylic acids is 1. The maximum absolute atomic E-state index is 12.5. The minimum Gasteiger partial charge on any atom is -0.325 e. The van der Waals surface area contributed by atoms with Gasteiger partial charge in [0.05, 0.1) is 11.7 Å². The summed E-state index contributed by atoms with van der Waals surface area (Å²) in [6.07, 6.45) is 0.0615. The molecule has 2 heterocycles. The first-order valence-corrected chi connectivity index (χ1v) is 8.64. The molecule has 1 aliphatic rings. The Labute approximate surface area is 149 Å². The SMILES string of the molecule is O=C(Nc1ccc(-n2cccn2)cc1)C1CCCN1CCCC(F)(F)F. The highest BCUT2D eigenvalue weighted by molar-refractivity contribution is 5.95. The lowest BCUT2D eigenvalue weighted by Crippen LogP contribution is -2.40. The van der Waals surface area contributed by atoms with Crippen LogP contribution in [0, 0.1) is 0 Å². The first-order valence-electron chi connectivity index (χ1n) is 8.64. The summed E-state index contributed by atoms with van der Waals surface area (Å²) in [6.45, 7) is 0.948. The fourth-order valence-electron chi connectivity index (χ4n) is 3.22. The van der Waals surface area contributed by atoms with E-state index >= 15 is 0 Å². The third-order valence-electron chi connectivity index (χ3n) is 4.48. The number of nitrogens with zero attached hydrogens (tertiary/aromatic N) is 3. The minimum absolute atomic E-state index is 0.0197. The quantitative estimate of drug-likeness (QED) is 0.850. The molecular formula is C18H21F3N4O. The highest BCUT2D eigenvalue weighted by atomic mass is 19.4. The molecule has 5 nitrogen and oxygen atoms in total. The normalized spacial score (nSPS) is 18.2. The van der Waals surface area contributed by atoms with Crippen LogP contribution in [0.4, 0.5) is 18.9 Å². The smallest absolute Gasteiger partial charge is 0.325 e. The van der Waals surface area contributed by atoms with Crippen LogP contribution in [0.5, 0.6) is 0 Å². The predicted octanol–water partition coefficient (Wildman–Crippen LogP) is 3.62. The second-order valence-corrected chi connectivity index (χ2v) is 6.40. The molecule has 26 heavy (non-hydrogen) atoms. The van der Waals surface area contributed by atoms with E-state index in [4.69, 9.17) is 0 Å². The van der Waals surface area contributed by atoms with Gasteiger partial charge in [-0.3, -0.25) is 9.69 Å². The van der Waals surface area contributed by atoms with Crippen molar-refractivity contribution in [2.75, 3.05) is 18.4 Å². The summed E-state index contributed by atoms with van der Waals surface area (Å²) >= 11 is 0. The summed E-state index contributed by atoms with van der Waals surface area (Å²) in [5.74, 6) is -0.165. The lowest BCUT2D eigenvalue weighted by atomic mass is 10.2. The zero-order valence-electron chi connectivity index (χ0n) is 14.2. The largest absolute Gasteiger partial charge is 0.389 e. The third kappa shape index (κ3) is 4.85. The Morgan fingerprint density at radius 3 is 2.69 bits per heavy atom. The average Bonchev–Trinajstić information content (AvgIpc) is 3.26. The Kier molecular flexibility index (Phi) is 5.61. The lowest BCUT2D eigenvalue weighted by Gasteiger charge is -2.23. The van der Waals surface area contributed by atoms with E-state index in [-0.39, 0.29) is 24.9 Å². The van der Waals surface area contributed by atoms with Crippen molar-refractivity contribution in [1.82, 2.24) is 14.7 Å². The summed E-state index contributed by atoms with van der Waals surface area (Å²) in [6, 6.07) is 8.73. The van der Waals surface area contributed by atoms with Gasteiger partial charge in [-0.1, -0.05) is 0 Å². The molecule has 1 fully saturated rings. The molecule has 0 aliphatic carbocycles. The summed E-state index contributed by atoms with van der Waals surface area (Å²) in [5, 5.41) is 7.00. The van der Waals surface area contributed by atoms with Gasteiger partial charge in [0, 0.05) is 24.5 Å². The van der Waals surface area contributed by atoms with Gasteiger partial charge in [0.25, 0.3) is 0 Å². The van der Waals surface area contributed by atoms with Crippen LogP contribution in [0.2, 0.25) is 0 Å². The van der Waals surface area contributed by atoms with Gasteiger partial charge in [0.15, 0.2) is 0 Å². The number of carbonyl (C=O) groups is 1. The number of anilines is 1. The molecule has 1 N–H and O–H groups in total. The number of hydrogen-bond donors (Lipinski definition) is 1. The van der Waals surface area contributed by atoms with E-state index in [0.29, 0.717) is 18.7 Å². The highest BCUT2D eigenvalue weighted by Gasteiger charge is 2.32. The maximum Gasteiger partial charge on any atom is 0.389 e. The van der Waals surface area contributed by atoms with Gasteiger partial charge >= 0.3 is 6.18 Å². The number of rotatable bonds is 6. The number of halogens is 3. The van der Waals surface area contributed by atoms with E-state index in [9.17, 15) is 18.0 Å². The third-order valence-corrected chi connectivity index (χ3v) is 4.48. The van der Waals surface area contributed by atoms with Gasteiger partial charge in [-0.2, -0.15) is 18.3 Å². The van der Waals surface area contributed by atoms with Gasteiger partial charge in [-0.15, -0.1) is 0 Å². The Morgan fingerprint density at radius 2 is 2.04 bits per heavy atom. The molecule has 0 saturated carbocycles. The molecule has 0 bridgehead atoms. The number of aromatic nitrogens is 2. The van der Waals surface area contributed by atoms with Crippen LogP contribution in [0.25, 0.3) is 5.69 Å². The van der Waals surface area contributed by atoms with Crippen LogP contribution in [0.3, 0.4) is 0 Å². The number of likely N-dealkylation sites (tertiary alicyclic amines) is 1. The van der Waals surface area contributed by atoms with Crippen molar-refractivity contribution < 1.29 is 18.0 Å². The van der Waals surface area contributed by atoms with Gasteiger partial charge in [0.2, 0.25) is 5.91 Å². The number of nitrogens with one attached hydrogen (secondary N) is 1. The number of amides is 1. The lowest BCUT2D eigenvalue weighted by molar-refractivity contribution is -0.136.